The topological polar surface area (TPSA) is 76.4 Å². The van der Waals surface area contributed by atoms with E-state index >= 15 is 0 Å². The summed E-state index contributed by atoms with van der Waals surface area (Å²) in [6.07, 6.45) is 2.85. The molecule has 3 aliphatic rings. The fourth-order valence-electron chi connectivity index (χ4n) is 5.70. The summed E-state index contributed by atoms with van der Waals surface area (Å²) in [5.41, 5.74) is 2.10. The van der Waals surface area contributed by atoms with Crippen molar-refractivity contribution in [1.29, 1.82) is 0 Å². The number of hydrogen-bond donors (Lipinski definition) is 0. The van der Waals surface area contributed by atoms with Gasteiger partial charge in [0.2, 0.25) is 0 Å². The molecule has 1 spiro atoms. The lowest BCUT2D eigenvalue weighted by atomic mass is 9.57. The van der Waals surface area contributed by atoms with E-state index in [0.717, 1.165) is 48.8 Å². The van der Waals surface area contributed by atoms with Gasteiger partial charge in [-0.3, -0.25) is 9.47 Å². The average Bonchev–Trinajstić information content (AvgIpc) is 3.15. The first kappa shape index (κ1) is 21.3. The van der Waals surface area contributed by atoms with Crippen LogP contribution < -0.4 is 4.90 Å². The van der Waals surface area contributed by atoms with Gasteiger partial charge in [-0.2, -0.15) is 0 Å². The van der Waals surface area contributed by atoms with E-state index < -0.39 is 6.09 Å². The fraction of sp³-hybridized carbons (Fsp3) is 0.417. The van der Waals surface area contributed by atoms with Gasteiger partial charge in [-0.25, -0.2) is 14.2 Å². The summed E-state index contributed by atoms with van der Waals surface area (Å²) in [5.74, 6) is 2.39. The maximum absolute atomic E-state index is 13.2. The molecule has 1 aromatic carbocycles. The number of benzene rings is 1. The number of aromatic nitrogens is 4. The highest BCUT2D eigenvalue weighted by Gasteiger charge is 2.54. The highest BCUT2D eigenvalue weighted by Crippen LogP contribution is 2.56. The van der Waals surface area contributed by atoms with Gasteiger partial charge in [-0.15, -0.1) is 10.2 Å². The predicted molar refractivity (Wildman–Crippen MR) is 124 cm³/mol. The summed E-state index contributed by atoms with van der Waals surface area (Å²) in [6, 6.07) is 8.59. The number of anilines is 1. The third-order valence-electron chi connectivity index (χ3n) is 7.40. The molecule has 1 amide bonds. The van der Waals surface area contributed by atoms with Crippen molar-refractivity contribution in [2.75, 3.05) is 25.1 Å². The van der Waals surface area contributed by atoms with Gasteiger partial charge in [-0.05, 0) is 55.7 Å². The van der Waals surface area contributed by atoms with E-state index in [0.29, 0.717) is 17.4 Å². The first-order valence-electron chi connectivity index (χ1n) is 11.3. The maximum atomic E-state index is 13.2. The molecule has 3 aromatic rings. The van der Waals surface area contributed by atoms with Gasteiger partial charge >= 0.3 is 6.09 Å². The van der Waals surface area contributed by atoms with Crippen molar-refractivity contribution in [3.8, 4) is 5.69 Å². The molecule has 2 fully saturated rings. The Morgan fingerprint density at radius 2 is 1.94 bits per heavy atom. The number of amides is 1. The first-order valence-corrected chi connectivity index (χ1v) is 11.7. The molecule has 2 aliphatic heterocycles. The Morgan fingerprint density at radius 3 is 2.65 bits per heavy atom. The molecule has 6 rings (SSSR count). The van der Waals surface area contributed by atoms with E-state index in [1.165, 1.54) is 19.4 Å². The van der Waals surface area contributed by atoms with Crippen LogP contribution in [0, 0.1) is 11.2 Å². The van der Waals surface area contributed by atoms with Gasteiger partial charge in [0.1, 0.15) is 17.5 Å². The first-order chi connectivity index (χ1) is 16.4. The van der Waals surface area contributed by atoms with Crippen molar-refractivity contribution in [1.82, 2.24) is 24.6 Å². The molecule has 8 nitrogen and oxygen atoms in total. The summed E-state index contributed by atoms with van der Waals surface area (Å²) < 4.78 is 20.3. The molecule has 1 saturated heterocycles. The SMILES string of the molecule is COC(=O)N1Cc2cc(Cl)ccc2-n2c(C3CC4(C3)CN(c3ccc(F)cn3)C4)nnc2C1C. The molecule has 1 atom stereocenters. The Labute approximate surface area is 201 Å². The molecule has 10 heteroatoms. The van der Waals surface area contributed by atoms with Gasteiger partial charge in [0.15, 0.2) is 5.82 Å². The van der Waals surface area contributed by atoms with E-state index in [1.54, 1.807) is 11.0 Å². The van der Waals surface area contributed by atoms with Crippen LogP contribution in [0.2, 0.25) is 5.02 Å². The molecular formula is C24H24ClFN6O2. The molecular weight excluding hydrogens is 459 g/mol. The summed E-state index contributed by atoms with van der Waals surface area (Å²) in [6.45, 7) is 4.13. The minimum atomic E-state index is -0.414. The number of ether oxygens (including phenoxy) is 1. The standard InChI is InChI=1S/C24H24ClFN6O2/c1-14-21-28-29-22(16-8-24(9-16)12-30(13-24)20-6-4-18(26)10-27-20)32(21)19-5-3-17(25)7-15(19)11-31(14)23(33)34-2/h3-7,10,14,16H,8-9,11-13H2,1-2H3. The molecule has 2 aromatic heterocycles. The minimum Gasteiger partial charge on any atom is -0.453 e. The molecule has 176 valence electrons. The quantitative estimate of drug-likeness (QED) is 0.536. The fourth-order valence-corrected chi connectivity index (χ4v) is 5.89. The number of methoxy groups -OCH3 is 1. The van der Waals surface area contributed by atoms with Crippen molar-refractivity contribution in [2.45, 2.75) is 38.3 Å². The smallest absolute Gasteiger partial charge is 0.410 e. The number of nitrogens with zero attached hydrogens (tertiary/aromatic N) is 6. The number of carbonyl (C=O) groups is 1. The molecule has 4 heterocycles. The largest absolute Gasteiger partial charge is 0.453 e. The molecule has 1 aliphatic carbocycles. The Balaban J connectivity index is 1.28. The van der Waals surface area contributed by atoms with Crippen molar-refractivity contribution in [3.05, 3.63) is 64.6 Å². The Morgan fingerprint density at radius 1 is 1.18 bits per heavy atom. The Kier molecular flexibility index (Phi) is 4.81. The van der Waals surface area contributed by atoms with Crippen molar-refractivity contribution >= 4 is 23.5 Å². The third-order valence-corrected chi connectivity index (χ3v) is 7.63. The number of halogens is 2. The van der Waals surface area contributed by atoms with E-state index in [4.69, 9.17) is 16.3 Å². The summed E-state index contributed by atoms with van der Waals surface area (Å²) in [5, 5.41) is 9.74. The van der Waals surface area contributed by atoms with Gasteiger partial charge in [0.05, 0.1) is 31.6 Å². The normalized spacial score (nSPS) is 20.8. The molecule has 34 heavy (non-hydrogen) atoms. The van der Waals surface area contributed by atoms with Gasteiger partial charge in [0, 0.05) is 29.4 Å². The van der Waals surface area contributed by atoms with Gasteiger partial charge in [-0.1, -0.05) is 11.6 Å². The molecule has 0 radical (unpaired) electrons. The van der Waals surface area contributed by atoms with Crippen LogP contribution in [0.4, 0.5) is 15.0 Å². The highest BCUT2D eigenvalue weighted by atomic mass is 35.5. The Bertz CT molecular complexity index is 1260. The number of fused-ring (bicyclic) bond motifs is 3. The molecule has 0 N–H and O–H groups in total. The second-order valence-electron chi connectivity index (χ2n) is 9.59. The van der Waals surface area contributed by atoms with Crippen LogP contribution in [-0.2, 0) is 11.3 Å². The van der Waals surface area contributed by atoms with E-state index in [1.807, 2.05) is 25.1 Å². The van der Waals surface area contributed by atoms with Crippen LogP contribution in [-0.4, -0.2) is 50.9 Å². The molecule has 1 unspecified atom stereocenters. The molecule has 0 bridgehead atoms. The minimum absolute atomic E-state index is 0.227. The monoisotopic (exact) mass is 482 g/mol. The number of hydrogen-bond acceptors (Lipinski definition) is 6. The second kappa shape index (κ2) is 7.66. The van der Waals surface area contributed by atoms with Gasteiger partial charge < -0.3 is 9.64 Å². The lowest BCUT2D eigenvalue weighted by molar-refractivity contribution is 0.0581. The van der Waals surface area contributed by atoms with E-state index in [2.05, 4.69) is 24.6 Å². The van der Waals surface area contributed by atoms with Crippen LogP contribution in [0.1, 0.15) is 48.9 Å². The van der Waals surface area contributed by atoms with Gasteiger partial charge in [0.25, 0.3) is 0 Å². The lowest BCUT2D eigenvalue weighted by Gasteiger charge is -2.59. The highest BCUT2D eigenvalue weighted by molar-refractivity contribution is 6.30. The zero-order valence-corrected chi connectivity index (χ0v) is 19.7. The zero-order chi connectivity index (χ0) is 23.6. The molecule has 1 saturated carbocycles. The van der Waals surface area contributed by atoms with Crippen LogP contribution in [0.15, 0.2) is 36.5 Å². The summed E-state index contributed by atoms with van der Waals surface area (Å²) in [4.78, 5) is 20.6. The van der Waals surface area contributed by atoms with Crippen LogP contribution in [0.3, 0.4) is 0 Å². The van der Waals surface area contributed by atoms with Crippen molar-refractivity contribution < 1.29 is 13.9 Å². The van der Waals surface area contributed by atoms with Crippen molar-refractivity contribution in [3.63, 3.8) is 0 Å². The zero-order valence-electron chi connectivity index (χ0n) is 18.9. The predicted octanol–water partition coefficient (Wildman–Crippen LogP) is 4.48. The second-order valence-corrected chi connectivity index (χ2v) is 10.0. The van der Waals surface area contributed by atoms with Crippen LogP contribution in [0.25, 0.3) is 5.69 Å². The van der Waals surface area contributed by atoms with Crippen LogP contribution >= 0.6 is 11.6 Å². The maximum Gasteiger partial charge on any atom is 0.410 e. The third kappa shape index (κ3) is 3.25. The number of pyridine rings is 1. The number of rotatable bonds is 2. The van der Waals surface area contributed by atoms with Crippen LogP contribution in [0.5, 0.6) is 0 Å². The summed E-state index contributed by atoms with van der Waals surface area (Å²) >= 11 is 6.30. The van der Waals surface area contributed by atoms with E-state index in [9.17, 15) is 9.18 Å². The average molecular weight is 483 g/mol. The summed E-state index contributed by atoms with van der Waals surface area (Å²) in [7, 11) is 1.38. The lowest BCUT2D eigenvalue weighted by Crippen LogP contribution is -2.62. The van der Waals surface area contributed by atoms with Crippen molar-refractivity contribution in [2.24, 2.45) is 5.41 Å². The Hall–Kier alpha value is -3.20. The van der Waals surface area contributed by atoms with E-state index in [-0.39, 0.29) is 23.2 Å². The number of carbonyl (C=O) groups excluding carboxylic acids is 1.